The second-order valence-corrected chi connectivity index (χ2v) is 5.64. The van der Waals surface area contributed by atoms with Crippen molar-refractivity contribution in [3.8, 4) is 0 Å². The Balaban J connectivity index is 1.85. The molecule has 1 aliphatic carbocycles. The van der Waals surface area contributed by atoms with Gasteiger partial charge in [0.15, 0.2) is 0 Å². The second-order valence-electron chi connectivity index (χ2n) is 5.64. The molecule has 0 amide bonds. The fourth-order valence-corrected chi connectivity index (χ4v) is 3.20. The van der Waals surface area contributed by atoms with Crippen LogP contribution in [-0.2, 0) is 6.42 Å². The van der Waals surface area contributed by atoms with Gasteiger partial charge in [0.05, 0.1) is 11.0 Å². The number of para-hydroxylation sites is 2. The van der Waals surface area contributed by atoms with Crippen LogP contribution in [0.5, 0.6) is 0 Å². The zero-order valence-corrected chi connectivity index (χ0v) is 10.8. The number of rotatable bonds is 3. The lowest BCUT2D eigenvalue weighted by Crippen LogP contribution is -2.35. The summed E-state index contributed by atoms with van der Waals surface area (Å²) in [6, 6.07) is 8.23. The number of fused-ring (bicyclic) bond motifs is 1. The summed E-state index contributed by atoms with van der Waals surface area (Å²) in [4.78, 5) is 8.12. The van der Waals surface area contributed by atoms with E-state index in [0.29, 0.717) is 0 Å². The van der Waals surface area contributed by atoms with Gasteiger partial charge in [0.25, 0.3) is 0 Å². The third kappa shape index (κ3) is 2.15. The molecule has 1 heterocycles. The van der Waals surface area contributed by atoms with E-state index in [4.69, 9.17) is 5.73 Å². The molecular weight excluding hydrogens is 222 g/mol. The van der Waals surface area contributed by atoms with Crippen molar-refractivity contribution in [2.75, 3.05) is 6.54 Å². The average molecular weight is 243 g/mol. The van der Waals surface area contributed by atoms with Crippen LogP contribution in [0, 0.1) is 5.41 Å². The second kappa shape index (κ2) is 4.73. The fourth-order valence-electron chi connectivity index (χ4n) is 3.20. The molecule has 3 heteroatoms. The minimum absolute atomic E-state index is 0.284. The number of nitrogens with zero attached hydrogens (tertiary/aromatic N) is 1. The van der Waals surface area contributed by atoms with E-state index in [0.717, 1.165) is 29.8 Å². The first-order chi connectivity index (χ1) is 8.81. The van der Waals surface area contributed by atoms with Crippen molar-refractivity contribution in [3.63, 3.8) is 0 Å². The molecule has 2 aromatic rings. The van der Waals surface area contributed by atoms with Crippen LogP contribution in [0.3, 0.4) is 0 Å². The summed E-state index contributed by atoms with van der Waals surface area (Å²) >= 11 is 0. The molecule has 3 nitrogen and oxygen atoms in total. The van der Waals surface area contributed by atoms with Crippen molar-refractivity contribution in [2.45, 2.75) is 38.5 Å². The van der Waals surface area contributed by atoms with Crippen LogP contribution < -0.4 is 5.73 Å². The van der Waals surface area contributed by atoms with Crippen LogP contribution in [0.4, 0.5) is 0 Å². The number of benzene rings is 1. The first kappa shape index (κ1) is 11.7. The van der Waals surface area contributed by atoms with Crippen molar-refractivity contribution in [1.29, 1.82) is 0 Å². The summed E-state index contributed by atoms with van der Waals surface area (Å²) in [5.74, 6) is 1.10. The van der Waals surface area contributed by atoms with E-state index in [9.17, 15) is 0 Å². The molecule has 1 aliphatic rings. The van der Waals surface area contributed by atoms with Gasteiger partial charge in [-0.25, -0.2) is 4.98 Å². The smallest absolute Gasteiger partial charge is 0.107 e. The fraction of sp³-hybridized carbons (Fsp3) is 0.533. The number of H-pyrrole nitrogens is 1. The van der Waals surface area contributed by atoms with E-state index >= 15 is 0 Å². The van der Waals surface area contributed by atoms with E-state index < -0.39 is 0 Å². The maximum absolute atomic E-state index is 6.04. The first-order valence-electron chi connectivity index (χ1n) is 6.95. The molecule has 0 spiro atoms. The molecule has 0 aliphatic heterocycles. The van der Waals surface area contributed by atoms with Crippen LogP contribution in [0.25, 0.3) is 11.0 Å². The molecule has 0 saturated heterocycles. The number of imidazole rings is 1. The number of nitrogens with two attached hydrogens (primary N) is 1. The third-order valence-corrected chi connectivity index (χ3v) is 4.33. The number of nitrogens with one attached hydrogen (secondary N) is 1. The highest BCUT2D eigenvalue weighted by Gasteiger charge is 2.31. The molecule has 0 radical (unpaired) electrons. The van der Waals surface area contributed by atoms with E-state index in [1.807, 2.05) is 12.1 Å². The van der Waals surface area contributed by atoms with Gasteiger partial charge in [-0.1, -0.05) is 31.4 Å². The summed E-state index contributed by atoms with van der Waals surface area (Å²) in [6.07, 6.45) is 7.50. The molecule has 1 aromatic carbocycles. The van der Waals surface area contributed by atoms with Gasteiger partial charge in [-0.15, -0.1) is 0 Å². The van der Waals surface area contributed by atoms with Gasteiger partial charge >= 0.3 is 0 Å². The molecule has 3 rings (SSSR count). The normalized spacial score (nSPS) is 19.2. The lowest BCUT2D eigenvalue weighted by molar-refractivity contribution is 0.194. The molecule has 18 heavy (non-hydrogen) atoms. The van der Waals surface area contributed by atoms with E-state index in [-0.39, 0.29) is 5.41 Å². The SMILES string of the molecule is NCC1(Cc2nc3ccccc3[nH]2)CCCCC1. The highest BCUT2D eigenvalue weighted by Crippen LogP contribution is 2.38. The molecule has 0 atom stereocenters. The van der Waals surface area contributed by atoms with Gasteiger partial charge in [-0.3, -0.25) is 0 Å². The van der Waals surface area contributed by atoms with Crippen molar-refractivity contribution < 1.29 is 0 Å². The van der Waals surface area contributed by atoms with Gasteiger partial charge in [0.2, 0.25) is 0 Å². The number of aromatic amines is 1. The molecule has 1 aromatic heterocycles. The van der Waals surface area contributed by atoms with Gasteiger partial charge < -0.3 is 10.7 Å². The Morgan fingerprint density at radius 3 is 2.67 bits per heavy atom. The van der Waals surface area contributed by atoms with Gasteiger partial charge in [-0.05, 0) is 36.9 Å². The Morgan fingerprint density at radius 2 is 1.94 bits per heavy atom. The lowest BCUT2D eigenvalue weighted by atomic mass is 9.72. The maximum Gasteiger partial charge on any atom is 0.107 e. The van der Waals surface area contributed by atoms with E-state index in [2.05, 4.69) is 22.1 Å². The highest BCUT2D eigenvalue weighted by molar-refractivity contribution is 5.74. The molecule has 1 fully saturated rings. The van der Waals surface area contributed by atoms with Crippen LogP contribution in [-0.4, -0.2) is 16.5 Å². The number of aromatic nitrogens is 2. The Kier molecular flexibility index (Phi) is 3.08. The largest absolute Gasteiger partial charge is 0.342 e. The monoisotopic (exact) mass is 243 g/mol. The Morgan fingerprint density at radius 1 is 1.17 bits per heavy atom. The zero-order valence-electron chi connectivity index (χ0n) is 10.8. The molecule has 1 saturated carbocycles. The minimum atomic E-state index is 0.284. The summed E-state index contributed by atoms with van der Waals surface area (Å²) in [7, 11) is 0. The van der Waals surface area contributed by atoms with Crippen LogP contribution in [0.1, 0.15) is 37.9 Å². The summed E-state index contributed by atoms with van der Waals surface area (Å²) in [5.41, 5.74) is 8.52. The maximum atomic E-state index is 6.04. The molecule has 96 valence electrons. The van der Waals surface area contributed by atoms with Crippen molar-refractivity contribution in [3.05, 3.63) is 30.1 Å². The standard InChI is InChI=1S/C15H21N3/c16-11-15(8-4-1-5-9-15)10-14-17-12-6-2-3-7-13(12)18-14/h2-3,6-7H,1,4-5,8-11,16H2,(H,17,18). The lowest BCUT2D eigenvalue weighted by Gasteiger charge is -2.35. The Bertz CT molecular complexity index is 490. The molecular formula is C15H21N3. The van der Waals surface area contributed by atoms with Crippen molar-refractivity contribution in [1.82, 2.24) is 9.97 Å². The third-order valence-electron chi connectivity index (χ3n) is 4.33. The summed E-state index contributed by atoms with van der Waals surface area (Å²) in [5, 5.41) is 0. The Labute approximate surface area is 108 Å². The predicted molar refractivity (Wildman–Crippen MR) is 74.4 cm³/mol. The summed E-state index contributed by atoms with van der Waals surface area (Å²) in [6.45, 7) is 0.782. The van der Waals surface area contributed by atoms with Crippen LogP contribution in [0.2, 0.25) is 0 Å². The van der Waals surface area contributed by atoms with Gasteiger partial charge in [-0.2, -0.15) is 0 Å². The zero-order chi connectivity index (χ0) is 12.4. The number of hydrogen-bond acceptors (Lipinski definition) is 2. The quantitative estimate of drug-likeness (QED) is 0.870. The van der Waals surface area contributed by atoms with Crippen molar-refractivity contribution in [2.24, 2.45) is 11.1 Å². The molecule has 0 unspecified atom stereocenters. The molecule has 3 N–H and O–H groups in total. The van der Waals surface area contributed by atoms with E-state index in [1.165, 1.54) is 32.1 Å². The highest BCUT2D eigenvalue weighted by atomic mass is 14.9. The predicted octanol–water partition coefficient (Wildman–Crippen LogP) is 3.01. The van der Waals surface area contributed by atoms with Crippen molar-refractivity contribution >= 4 is 11.0 Å². The van der Waals surface area contributed by atoms with Gasteiger partial charge in [0, 0.05) is 6.42 Å². The average Bonchev–Trinajstić information content (AvgIpc) is 2.81. The number of hydrogen-bond donors (Lipinski definition) is 2. The van der Waals surface area contributed by atoms with Crippen LogP contribution in [0.15, 0.2) is 24.3 Å². The topological polar surface area (TPSA) is 54.7 Å². The Hall–Kier alpha value is -1.35. The summed E-state index contributed by atoms with van der Waals surface area (Å²) < 4.78 is 0. The van der Waals surface area contributed by atoms with Gasteiger partial charge in [0.1, 0.15) is 5.82 Å². The van der Waals surface area contributed by atoms with E-state index in [1.54, 1.807) is 0 Å². The van der Waals surface area contributed by atoms with Crippen LogP contribution >= 0.6 is 0 Å². The molecule has 0 bridgehead atoms. The first-order valence-corrected chi connectivity index (χ1v) is 6.95. The minimum Gasteiger partial charge on any atom is -0.342 e.